The van der Waals surface area contributed by atoms with E-state index >= 15 is 0 Å². The highest BCUT2D eigenvalue weighted by Gasteiger charge is 2.06. The summed E-state index contributed by atoms with van der Waals surface area (Å²) in [6, 6.07) is 11.5. The molecule has 130 valence electrons. The van der Waals surface area contributed by atoms with Crippen LogP contribution in [0.1, 0.15) is 26.3 Å². The largest absolute Gasteiger partial charge is 0.450 e. The molecular weight excluding hydrogens is 309 g/mol. The quantitative estimate of drug-likeness (QED) is 0.698. The second-order valence-electron chi connectivity index (χ2n) is 4.63. The molecule has 2 aromatic rings. The molecule has 2 rings (SSSR count). The lowest BCUT2D eigenvalue weighted by atomic mass is 10.2. The van der Waals surface area contributed by atoms with E-state index in [2.05, 4.69) is 10.6 Å². The van der Waals surface area contributed by atoms with E-state index in [1.807, 2.05) is 13.8 Å². The van der Waals surface area contributed by atoms with E-state index in [0.29, 0.717) is 24.5 Å². The molecule has 0 aliphatic rings. The Kier molecular flexibility index (Phi) is 8.11. The van der Waals surface area contributed by atoms with E-state index in [4.69, 9.17) is 10.5 Å². The van der Waals surface area contributed by atoms with Crippen LogP contribution in [0.2, 0.25) is 0 Å². The third-order valence-corrected chi connectivity index (χ3v) is 2.97. The van der Waals surface area contributed by atoms with Gasteiger partial charge in [0.15, 0.2) is 0 Å². The van der Waals surface area contributed by atoms with Crippen molar-refractivity contribution >= 4 is 23.2 Å². The Morgan fingerprint density at radius 2 is 1.83 bits per heavy atom. The second-order valence-corrected chi connectivity index (χ2v) is 4.63. The van der Waals surface area contributed by atoms with Gasteiger partial charge in [-0.2, -0.15) is 0 Å². The highest BCUT2D eigenvalue weighted by Crippen LogP contribution is 2.23. The molecular formula is C18H24FN3O2. The zero-order chi connectivity index (χ0) is 17.9. The fraction of sp³-hybridized carbons (Fsp3) is 0.278. The van der Waals surface area contributed by atoms with Crippen LogP contribution in [0.25, 0.3) is 0 Å². The molecule has 0 saturated heterocycles. The normalized spacial score (nSPS) is 9.50. The van der Waals surface area contributed by atoms with Gasteiger partial charge in [-0.3, -0.25) is 5.32 Å². The number of nitrogens with two attached hydrogens (primary N) is 1. The fourth-order valence-electron chi connectivity index (χ4n) is 1.87. The van der Waals surface area contributed by atoms with Gasteiger partial charge in [-0.05, 0) is 42.8 Å². The van der Waals surface area contributed by atoms with Crippen LogP contribution in [-0.4, -0.2) is 12.7 Å². The van der Waals surface area contributed by atoms with E-state index in [1.165, 1.54) is 12.1 Å². The summed E-state index contributed by atoms with van der Waals surface area (Å²) in [5, 5.41) is 5.74. The molecule has 5 nitrogen and oxygen atoms in total. The van der Waals surface area contributed by atoms with Gasteiger partial charge in [0.25, 0.3) is 0 Å². The number of hydrogen-bond acceptors (Lipinski definition) is 4. The van der Waals surface area contributed by atoms with Crippen molar-refractivity contribution in [1.82, 2.24) is 0 Å². The predicted molar refractivity (Wildman–Crippen MR) is 96.6 cm³/mol. The van der Waals surface area contributed by atoms with Crippen molar-refractivity contribution in [2.45, 2.75) is 27.3 Å². The summed E-state index contributed by atoms with van der Waals surface area (Å²) in [7, 11) is 0. The average Bonchev–Trinajstić information content (AvgIpc) is 2.59. The summed E-state index contributed by atoms with van der Waals surface area (Å²) in [5.41, 5.74) is 8.57. The molecule has 0 unspecified atom stereocenters. The molecule has 6 heteroatoms. The Bertz CT molecular complexity index is 645. The SMILES string of the molecule is CC.CCOC(=O)Nc1ccc(NCc2ccc(F)cc2)cc1N. The Morgan fingerprint density at radius 1 is 1.17 bits per heavy atom. The van der Waals surface area contributed by atoms with Gasteiger partial charge in [0.2, 0.25) is 0 Å². The Balaban J connectivity index is 0.00000139. The van der Waals surface area contributed by atoms with Crippen molar-refractivity contribution in [3.63, 3.8) is 0 Å². The van der Waals surface area contributed by atoms with Gasteiger partial charge in [0.1, 0.15) is 5.82 Å². The van der Waals surface area contributed by atoms with Gasteiger partial charge >= 0.3 is 6.09 Å². The maximum Gasteiger partial charge on any atom is 0.411 e. The maximum atomic E-state index is 12.8. The van der Waals surface area contributed by atoms with Crippen LogP contribution in [0, 0.1) is 5.82 Å². The van der Waals surface area contributed by atoms with Crippen molar-refractivity contribution in [3.8, 4) is 0 Å². The molecule has 0 radical (unpaired) electrons. The molecule has 0 aliphatic carbocycles. The standard InChI is InChI=1S/C16H18FN3O2.C2H6/c1-2-22-16(21)20-15-8-7-13(9-14(15)18)19-10-11-3-5-12(17)6-4-11;1-2/h3-9,19H,2,10,18H2,1H3,(H,20,21);1-2H3. The lowest BCUT2D eigenvalue weighted by molar-refractivity contribution is 0.168. The summed E-state index contributed by atoms with van der Waals surface area (Å²) in [6.07, 6.45) is -0.541. The van der Waals surface area contributed by atoms with Crippen LogP contribution in [0.5, 0.6) is 0 Å². The van der Waals surface area contributed by atoms with E-state index in [0.717, 1.165) is 11.3 Å². The lowest BCUT2D eigenvalue weighted by Gasteiger charge is -2.11. The van der Waals surface area contributed by atoms with E-state index in [1.54, 1.807) is 37.3 Å². The second kappa shape index (κ2) is 10.1. The van der Waals surface area contributed by atoms with Crippen molar-refractivity contribution in [1.29, 1.82) is 0 Å². The van der Waals surface area contributed by atoms with Crippen molar-refractivity contribution in [3.05, 3.63) is 53.8 Å². The molecule has 0 spiro atoms. The first-order valence-corrected chi connectivity index (χ1v) is 7.90. The summed E-state index contributed by atoms with van der Waals surface area (Å²) >= 11 is 0. The molecule has 0 atom stereocenters. The first kappa shape index (κ1) is 19.3. The summed E-state index contributed by atoms with van der Waals surface area (Å²) in [6.45, 7) is 6.57. The molecule has 1 amide bonds. The molecule has 0 aromatic heterocycles. The number of carbonyl (C=O) groups is 1. The topological polar surface area (TPSA) is 76.4 Å². The van der Waals surface area contributed by atoms with Gasteiger partial charge < -0.3 is 15.8 Å². The minimum absolute atomic E-state index is 0.262. The Hall–Kier alpha value is -2.76. The Labute approximate surface area is 142 Å². The van der Waals surface area contributed by atoms with Crippen LogP contribution in [0.15, 0.2) is 42.5 Å². The van der Waals surface area contributed by atoms with E-state index in [-0.39, 0.29) is 5.82 Å². The molecule has 0 heterocycles. The number of amides is 1. The number of carbonyl (C=O) groups excluding carboxylic acids is 1. The number of rotatable bonds is 5. The molecule has 2 aromatic carbocycles. The zero-order valence-electron chi connectivity index (χ0n) is 14.2. The molecule has 0 bridgehead atoms. The average molecular weight is 333 g/mol. The number of halogens is 1. The van der Waals surface area contributed by atoms with Gasteiger partial charge in [0, 0.05) is 12.2 Å². The molecule has 0 saturated carbocycles. The Morgan fingerprint density at radius 3 is 2.42 bits per heavy atom. The number of benzene rings is 2. The van der Waals surface area contributed by atoms with Crippen LogP contribution in [-0.2, 0) is 11.3 Å². The number of nitrogens with one attached hydrogen (secondary N) is 2. The van der Waals surface area contributed by atoms with Crippen LogP contribution < -0.4 is 16.4 Å². The van der Waals surface area contributed by atoms with E-state index in [9.17, 15) is 9.18 Å². The van der Waals surface area contributed by atoms with Gasteiger partial charge in [-0.1, -0.05) is 26.0 Å². The smallest absolute Gasteiger partial charge is 0.411 e. The van der Waals surface area contributed by atoms with Crippen LogP contribution in [0.3, 0.4) is 0 Å². The highest BCUT2D eigenvalue weighted by atomic mass is 19.1. The highest BCUT2D eigenvalue weighted by molar-refractivity contribution is 5.89. The van der Waals surface area contributed by atoms with Crippen molar-refractivity contribution in [2.24, 2.45) is 0 Å². The molecule has 24 heavy (non-hydrogen) atoms. The summed E-state index contributed by atoms with van der Waals surface area (Å²) in [5.74, 6) is -0.262. The number of nitrogen functional groups attached to an aromatic ring is 1. The number of hydrogen-bond donors (Lipinski definition) is 3. The van der Waals surface area contributed by atoms with Gasteiger partial charge in [0.05, 0.1) is 18.0 Å². The summed E-state index contributed by atoms with van der Waals surface area (Å²) < 4.78 is 17.6. The predicted octanol–water partition coefficient (Wildman–Crippen LogP) is 4.61. The molecule has 0 fully saturated rings. The third kappa shape index (κ3) is 6.16. The number of anilines is 3. The maximum absolute atomic E-state index is 12.8. The van der Waals surface area contributed by atoms with Gasteiger partial charge in [-0.15, -0.1) is 0 Å². The zero-order valence-corrected chi connectivity index (χ0v) is 14.2. The first-order chi connectivity index (χ1) is 11.6. The first-order valence-electron chi connectivity index (χ1n) is 7.90. The monoisotopic (exact) mass is 333 g/mol. The minimum Gasteiger partial charge on any atom is -0.450 e. The minimum atomic E-state index is -0.541. The lowest BCUT2D eigenvalue weighted by Crippen LogP contribution is -2.14. The number of ether oxygens (including phenoxy) is 1. The van der Waals surface area contributed by atoms with E-state index < -0.39 is 6.09 Å². The summed E-state index contributed by atoms with van der Waals surface area (Å²) in [4.78, 5) is 11.4. The molecule has 0 aliphatic heterocycles. The van der Waals surface area contributed by atoms with Crippen LogP contribution in [0.4, 0.5) is 26.2 Å². The fourth-order valence-corrected chi connectivity index (χ4v) is 1.87. The van der Waals surface area contributed by atoms with Crippen molar-refractivity contribution in [2.75, 3.05) is 23.0 Å². The molecule has 4 N–H and O–H groups in total. The van der Waals surface area contributed by atoms with Crippen LogP contribution >= 0.6 is 0 Å². The third-order valence-electron chi connectivity index (χ3n) is 2.97. The van der Waals surface area contributed by atoms with Crippen molar-refractivity contribution < 1.29 is 13.9 Å². The van der Waals surface area contributed by atoms with Gasteiger partial charge in [-0.25, -0.2) is 9.18 Å².